The Labute approximate surface area is 146 Å². The van der Waals surface area contributed by atoms with E-state index in [1.807, 2.05) is 6.08 Å². The van der Waals surface area contributed by atoms with Crippen molar-refractivity contribution < 1.29 is 28.9 Å². The van der Waals surface area contributed by atoms with Crippen molar-refractivity contribution in [3.63, 3.8) is 0 Å². The quantitative estimate of drug-likeness (QED) is 0.289. The van der Waals surface area contributed by atoms with Crippen molar-refractivity contribution >= 4 is 11.9 Å². The van der Waals surface area contributed by atoms with Gasteiger partial charge in [-0.1, -0.05) is 19.6 Å². The van der Waals surface area contributed by atoms with Crippen molar-refractivity contribution in [2.75, 3.05) is 26.3 Å². The Morgan fingerprint density at radius 1 is 1.40 bits per heavy atom. The van der Waals surface area contributed by atoms with E-state index in [4.69, 9.17) is 14.2 Å². The Kier molecular flexibility index (Phi) is 3.62. The Morgan fingerprint density at radius 2 is 2.12 bits per heavy atom. The van der Waals surface area contributed by atoms with Gasteiger partial charge < -0.3 is 19.3 Å². The van der Waals surface area contributed by atoms with Gasteiger partial charge in [-0.05, 0) is 18.9 Å². The highest BCUT2D eigenvalue weighted by molar-refractivity contribution is 5.90. The predicted molar refractivity (Wildman–Crippen MR) is 86.5 cm³/mol. The Hall–Kier alpha value is -1.70. The van der Waals surface area contributed by atoms with Crippen LogP contribution in [-0.2, 0) is 23.8 Å². The minimum Gasteiger partial charge on any atom is -0.459 e. The van der Waals surface area contributed by atoms with Gasteiger partial charge in [0.1, 0.15) is 18.3 Å². The molecule has 7 nitrogen and oxygen atoms in total. The number of carbonyl (C=O) groups excluding carboxylic acids is 2. The zero-order valence-corrected chi connectivity index (χ0v) is 14.5. The van der Waals surface area contributed by atoms with Gasteiger partial charge in [0.25, 0.3) is 0 Å². The summed E-state index contributed by atoms with van der Waals surface area (Å²) >= 11 is 0. The molecule has 7 heteroatoms. The van der Waals surface area contributed by atoms with Gasteiger partial charge >= 0.3 is 11.9 Å². The van der Waals surface area contributed by atoms with Crippen LogP contribution in [0.1, 0.15) is 20.3 Å². The van der Waals surface area contributed by atoms with Gasteiger partial charge in [-0.25, -0.2) is 9.59 Å². The summed E-state index contributed by atoms with van der Waals surface area (Å²) in [4.78, 5) is 27.4. The van der Waals surface area contributed by atoms with Crippen molar-refractivity contribution in [2.45, 2.75) is 43.6 Å². The molecular formula is C18H23NO6. The maximum atomic E-state index is 12.6. The SMILES string of the molecule is C=C1C(=O)O[C@H]2CCN3CC=C(COC(=O)[C@](C)(O)[C@@]4(CO4)[C@@H]1C)[C@@H]23. The van der Waals surface area contributed by atoms with Crippen LogP contribution < -0.4 is 0 Å². The molecule has 3 saturated heterocycles. The van der Waals surface area contributed by atoms with Gasteiger partial charge in [0.05, 0.1) is 12.6 Å². The Morgan fingerprint density at radius 3 is 2.80 bits per heavy atom. The highest BCUT2D eigenvalue weighted by Gasteiger charge is 2.67. The van der Waals surface area contributed by atoms with Gasteiger partial charge in [-0.3, -0.25) is 4.90 Å². The van der Waals surface area contributed by atoms with E-state index in [0.717, 1.165) is 25.1 Å². The first kappa shape index (κ1) is 16.8. The van der Waals surface area contributed by atoms with E-state index in [9.17, 15) is 14.7 Å². The summed E-state index contributed by atoms with van der Waals surface area (Å²) in [6.45, 7) is 8.74. The molecule has 1 spiro atoms. The average molecular weight is 349 g/mol. The molecule has 0 aromatic rings. The predicted octanol–water partition coefficient (Wildman–Crippen LogP) is 0.182. The third-order valence-electron chi connectivity index (χ3n) is 6.20. The molecule has 1 N–H and O–H groups in total. The molecule has 0 aromatic heterocycles. The van der Waals surface area contributed by atoms with Crippen molar-refractivity contribution in [1.82, 2.24) is 4.90 Å². The summed E-state index contributed by atoms with van der Waals surface area (Å²) in [5.74, 6) is -1.81. The second-order valence-electron chi connectivity index (χ2n) is 7.52. The van der Waals surface area contributed by atoms with E-state index in [1.165, 1.54) is 6.92 Å². The molecule has 136 valence electrons. The fourth-order valence-corrected chi connectivity index (χ4v) is 4.29. The fraction of sp³-hybridized carbons (Fsp3) is 0.667. The topological polar surface area (TPSA) is 88.6 Å². The van der Waals surface area contributed by atoms with Crippen LogP contribution in [0.5, 0.6) is 0 Å². The molecule has 4 aliphatic heterocycles. The van der Waals surface area contributed by atoms with Crippen LogP contribution in [0.2, 0.25) is 0 Å². The smallest absolute Gasteiger partial charge is 0.341 e. The van der Waals surface area contributed by atoms with Crippen LogP contribution in [0.25, 0.3) is 0 Å². The summed E-state index contributed by atoms with van der Waals surface area (Å²) in [7, 11) is 0. The molecule has 0 radical (unpaired) electrons. The maximum absolute atomic E-state index is 12.6. The van der Waals surface area contributed by atoms with Gasteiger partial charge in [-0.2, -0.15) is 0 Å². The summed E-state index contributed by atoms with van der Waals surface area (Å²) < 4.78 is 16.6. The van der Waals surface area contributed by atoms with Crippen molar-refractivity contribution in [3.8, 4) is 0 Å². The molecule has 4 aliphatic rings. The lowest BCUT2D eigenvalue weighted by molar-refractivity contribution is -0.173. The number of aliphatic hydroxyl groups is 1. The fourth-order valence-electron chi connectivity index (χ4n) is 4.29. The average Bonchev–Trinajstić information content (AvgIpc) is 3.17. The van der Waals surface area contributed by atoms with Gasteiger partial charge in [0.2, 0.25) is 0 Å². The number of rotatable bonds is 0. The van der Waals surface area contributed by atoms with E-state index >= 15 is 0 Å². The van der Waals surface area contributed by atoms with Crippen LogP contribution in [0, 0.1) is 5.92 Å². The normalized spacial score (nSPS) is 44.5. The van der Waals surface area contributed by atoms with E-state index < -0.39 is 29.1 Å². The first-order valence-electron chi connectivity index (χ1n) is 8.64. The Balaban J connectivity index is 1.69. The molecule has 4 heterocycles. The molecule has 0 amide bonds. The molecule has 25 heavy (non-hydrogen) atoms. The van der Waals surface area contributed by atoms with Gasteiger partial charge in [0, 0.05) is 24.6 Å². The molecule has 5 atom stereocenters. The Bertz CT molecular complexity index is 677. The summed E-state index contributed by atoms with van der Waals surface area (Å²) in [6.07, 6.45) is 2.46. The standard InChI is InChI=1S/C18H23NO6/c1-10-11(2)18(9-24-18)17(3,22)16(21)23-8-12-4-6-19-7-5-13(14(12)19)25-15(10)20/h4,11,13-14,22H,1,5-9H2,2-3H3/t11-,13+,14+,17+,18-/m1/s1. The molecule has 0 bridgehead atoms. The first-order chi connectivity index (χ1) is 11.8. The number of carbonyl (C=O) groups is 2. The van der Waals surface area contributed by atoms with E-state index in [0.29, 0.717) is 0 Å². The minimum atomic E-state index is -1.87. The summed E-state index contributed by atoms with van der Waals surface area (Å²) in [6, 6.07) is -0.0737. The van der Waals surface area contributed by atoms with Gasteiger partial charge in [0.15, 0.2) is 5.60 Å². The number of hydrogen-bond donors (Lipinski definition) is 1. The molecule has 4 rings (SSSR count). The molecule has 3 fully saturated rings. The zero-order chi connectivity index (χ0) is 18.0. The monoisotopic (exact) mass is 349 g/mol. The largest absolute Gasteiger partial charge is 0.459 e. The van der Waals surface area contributed by atoms with Crippen molar-refractivity contribution in [2.24, 2.45) is 5.92 Å². The van der Waals surface area contributed by atoms with Crippen LogP contribution in [-0.4, -0.2) is 71.6 Å². The highest BCUT2D eigenvalue weighted by Crippen LogP contribution is 2.48. The molecular weight excluding hydrogens is 326 g/mol. The van der Waals surface area contributed by atoms with Crippen LogP contribution in [0.15, 0.2) is 23.8 Å². The third-order valence-corrected chi connectivity index (χ3v) is 6.20. The molecule has 0 aliphatic carbocycles. The summed E-state index contributed by atoms with van der Waals surface area (Å²) in [5.41, 5.74) is -1.97. The van der Waals surface area contributed by atoms with E-state index in [2.05, 4.69) is 11.5 Å². The first-order valence-corrected chi connectivity index (χ1v) is 8.64. The van der Waals surface area contributed by atoms with Crippen LogP contribution >= 0.6 is 0 Å². The summed E-state index contributed by atoms with van der Waals surface area (Å²) in [5, 5.41) is 10.8. The zero-order valence-electron chi connectivity index (χ0n) is 14.5. The highest BCUT2D eigenvalue weighted by atomic mass is 16.6. The van der Waals surface area contributed by atoms with Gasteiger partial charge in [-0.15, -0.1) is 0 Å². The van der Waals surface area contributed by atoms with Crippen LogP contribution in [0.4, 0.5) is 0 Å². The van der Waals surface area contributed by atoms with Crippen molar-refractivity contribution in [1.29, 1.82) is 0 Å². The molecule has 0 saturated carbocycles. The third kappa shape index (κ3) is 2.29. The lowest BCUT2D eigenvalue weighted by Crippen LogP contribution is -2.55. The number of cyclic esters (lactones) is 1. The number of ether oxygens (including phenoxy) is 3. The second kappa shape index (κ2) is 5.40. The maximum Gasteiger partial charge on any atom is 0.341 e. The number of epoxide rings is 1. The van der Waals surface area contributed by atoms with Crippen LogP contribution in [0.3, 0.4) is 0 Å². The molecule has 0 unspecified atom stereocenters. The minimum absolute atomic E-state index is 0.0737. The lowest BCUT2D eigenvalue weighted by Gasteiger charge is -2.34. The number of hydrogen-bond acceptors (Lipinski definition) is 7. The lowest BCUT2D eigenvalue weighted by atomic mass is 9.76. The molecule has 0 aromatic carbocycles. The number of nitrogens with zero attached hydrogens (tertiary/aromatic N) is 1. The van der Waals surface area contributed by atoms with E-state index in [1.54, 1.807) is 6.92 Å². The van der Waals surface area contributed by atoms with E-state index in [-0.39, 0.29) is 30.9 Å². The number of esters is 2. The van der Waals surface area contributed by atoms with Crippen molar-refractivity contribution in [3.05, 3.63) is 23.8 Å². The second-order valence-corrected chi connectivity index (χ2v) is 7.52.